The van der Waals surface area contributed by atoms with Crippen molar-refractivity contribution in [1.29, 1.82) is 0 Å². The van der Waals surface area contributed by atoms with E-state index in [-0.39, 0.29) is 18.0 Å². The van der Waals surface area contributed by atoms with Gasteiger partial charge in [-0.2, -0.15) is 5.10 Å². The fourth-order valence-electron chi connectivity index (χ4n) is 3.82. The summed E-state index contributed by atoms with van der Waals surface area (Å²) in [5, 5.41) is 20.4. The molecule has 164 valence electrons. The molecular formula is C21H28F2N4O3. The average molecular weight is 422 g/mol. The third kappa shape index (κ3) is 4.09. The Labute approximate surface area is 174 Å². The van der Waals surface area contributed by atoms with E-state index >= 15 is 0 Å². The lowest BCUT2D eigenvalue weighted by Crippen LogP contribution is -2.47. The van der Waals surface area contributed by atoms with Crippen molar-refractivity contribution in [1.82, 2.24) is 14.8 Å². The summed E-state index contributed by atoms with van der Waals surface area (Å²) in [6.07, 6.45) is 3.90. The van der Waals surface area contributed by atoms with Crippen LogP contribution in [0.3, 0.4) is 0 Å². The van der Waals surface area contributed by atoms with Gasteiger partial charge >= 0.3 is 0 Å². The molecule has 1 atom stereocenters. The molecule has 0 bridgehead atoms. The van der Waals surface area contributed by atoms with E-state index in [1.807, 2.05) is 13.8 Å². The highest BCUT2D eigenvalue weighted by Gasteiger charge is 2.64. The van der Waals surface area contributed by atoms with Crippen LogP contribution in [0.4, 0.5) is 8.78 Å². The van der Waals surface area contributed by atoms with Gasteiger partial charge in [0.2, 0.25) is 5.79 Å². The summed E-state index contributed by atoms with van der Waals surface area (Å²) in [4.78, 5) is 9.52. The van der Waals surface area contributed by atoms with Gasteiger partial charge in [-0.1, -0.05) is 25.1 Å². The highest BCUT2D eigenvalue weighted by atomic mass is 19.1. The molecule has 7 nitrogen and oxygen atoms in total. The van der Waals surface area contributed by atoms with E-state index < -0.39 is 28.4 Å². The Morgan fingerprint density at radius 1 is 1.33 bits per heavy atom. The lowest BCUT2D eigenvalue weighted by atomic mass is 9.72. The maximum Gasteiger partial charge on any atom is 0.230 e. The molecule has 30 heavy (non-hydrogen) atoms. The number of hydrogen-bond acceptors (Lipinski definition) is 6. The number of rotatable bonds is 9. The third-order valence-corrected chi connectivity index (χ3v) is 5.67. The Balaban J connectivity index is 2.13. The molecule has 1 heterocycles. The zero-order chi connectivity index (χ0) is 22.2. The number of aliphatic hydroxyl groups is 1. The Bertz CT molecular complexity index is 911. The predicted octanol–water partition coefficient (Wildman–Crippen LogP) is 3.64. The van der Waals surface area contributed by atoms with Crippen LogP contribution in [0.5, 0.6) is 0 Å². The molecule has 0 radical (unpaired) electrons. The highest BCUT2D eigenvalue weighted by molar-refractivity contribution is 5.95. The lowest BCUT2D eigenvalue weighted by molar-refractivity contribution is -0.198. The third-order valence-electron chi connectivity index (χ3n) is 5.67. The minimum absolute atomic E-state index is 0.0174. The molecule has 1 aliphatic rings. The van der Waals surface area contributed by atoms with Gasteiger partial charge < -0.3 is 14.7 Å². The van der Waals surface area contributed by atoms with E-state index in [1.54, 1.807) is 13.8 Å². The van der Waals surface area contributed by atoms with E-state index in [4.69, 9.17) is 9.57 Å². The van der Waals surface area contributed by atoms with Gasteiger partial charge in [-0.3, -0.25) is 0 Å². The minimum atomic E-state index is -1.75. The van der Waals surface area contributed by atoms with Gasteiger partial charge in [-0.15, -0.1) is 0 Å². The number of halogens is 2. The molecule has 1 N–H and O–H groups in total. The first-order chi connectivity index (χ1) is 14.0. The molecule has 0 saturated heterocycles. The second-order valence-corrected chi connectivity index (χ2v) is 8.49. The number of oxime groups is 1. The van der Waals surface area contributed by atoms with Crippen molar-refractivity contribution in [3.8, 4) is 0 Å². The first-order valence-electron chi connectivity index (χ1n) is 9.87. The molecule has 1 unspecified atom stereocenters. The zero-order valence-electron chi connectivity index (χ0n) is 17.9. The molecule has 3 rings (SSSR count). The average Bonchev–Trinajstić information content (AvgIpc) is 3.31. The molecular weight excluding hydrogens is 394 g/mol. The van der Waals surface area contributed by atoms with Crippen molar-refractivity contribution in [2.45, 2.75) is 58.5 Å². The monoisotopic (exact) mass is 422 g/mol. The Morgan fingerprint density at radius 3 is 2.53 bits per heavy atom. The van der Waals surface area contributed by atoms with Gasteiger partial charge in [-0.05, 0) is 24.8 Å². The topological polar surface area (TPSA) is 81.8 Å². The number of hydrogen-bond donors (Lipinski definition) is 1. The molecule has 1 aliphatic carbocycles. The Morgan fingerprint density at radius 2 is 2.03 bits per heavy atom. The van der Waals surface area contributed by atoms with Gasteiger partial charge in [0.05, 0.1) is 12.3 Å². The summed E-state index contributed by atoms with van der Waals surface area (Å²) in [5.74, 6) is -2.62. The molecule has 0 aliphatic heterocycles. The Hall–Kier alpha value is -2.39. The molecule has 9 heteroatoms. The molecule has 1 saturated carbocycles. The predicted molar refractivity (Wildman–Crippen MR) is 106 cm³/mol. The van der Waals surface area contributed by atoms with Crippen LogP contribution in [0.2, 0.25) is 0 Å². The van der Waals surface area contributed by atoms with Crippen LogP contribution in [0.25, 0.3) is 0 Å². The summed E-state index contributed by atoms with van der Waals surface area (Å²) in [7, 11) is 1.51. The molecule has 1 fully saturated rings. The van der Waals surface area contributed by atoms with Gasteiger partial charge in [0.25, 0.3) is 0 Å². The second kappa shape index (κ2) is 8.03. The van der Waals surface area contributed by atoms with E-state index in [1.165, 1.54) is 30.5 Å². The molecule has 1 aromatic carbocycles. The Kier molecular flexibility index (Phi) is 5.97. The van der Waals surface area contributed by atoms with Crippen molar-refractivity contribution in [2.75, 3.05) is 7.11 Å². The summed E-state index contributed by atoms with van der Waals surface area (Å²) in [6.45, 7) is 7.22. The quantitative estimate of drug-likeness (QED) is 0.379. The zero-order valence-corrected chi connectivity index (χ0v) is 17.9. The van der Waals surface area contributed by atoms with Crippen molar-refractivity contribution in [2.24, 2.45) is 16.5 Å². The molecule has 0 spiro atoms. The van der Waals surface area contributed by atoms with Crippen molar-refractivity contribution in [3.05, 3.63) is 48.1 Å². The van der Waals surface area contributed by atoms with Crippen LogP contribution in [-0.2, 0) is 21.7 Å². The fraction of sp³-hybridized carbons (Fsp3) is 0.571. The minimum Gasteiger partial charge on any atom is -0.382 e. The largest absolute Gasteiger partial charge is 0.382 e. The van der Waals surface area contributed by atoms with Crippen LogP contribution in [0.1, 0.15) is 46.1 Å². The molecule has 2 aromatic rings. The summed E-state index contributed by atoms with van der Waals surface area (Å²) < 4.78 is 35.2. The first-order valence-corrected chi connectivity index (χ1v) is 9.87. The van der Waals surface area contributed by atoms with Crippen molar-refractivity contribution in [3.63, 3.8) is 0 Å². The maximum absolute atomic E-state index is 14.9. The van der Waals surface area contributed by atoms with Crippen LogP contribution in [0.15, 0.2) is 36.0 Å². The van der Waals surface area contributed by atoms with E-state index in [0.717, 1.165) is 12.1 Å². The lowest BCUT2D eigenvalue weighted by Gasteiger charge is -2.39. The van der Waals surface area contributed by atoms with Crippen LogP contribution < -0.4 is 0 Å². The highest BCUT2D eigenvalue weighted by Crippen LogP contribution is 2.61. The van der Waals surface area contributed by atoms with Gasteiger partial charge in [-0.25, -0.2) is 18.4 Å². The van der Waals surface area contributed by atoms with E-state index in [2.05, 4.69) is 15.2 Å². The molecule has 0 amide bonds. The second-order valence-electron chi connectivity index (χ2n) is 8.49. The van der Waals surface area contributed by atoms with Crippen LogP contribution in [0, 0.1) is 23.0 Å². The number of benzene rings is 1. The van der Waals surface area contributed by atoms with Crippen LogP contribution in [-0.4, -0.2) is 38.5 Å². The van der Waals surface area contributed by atoms with Crippen LogP contribution >= 0.6 is 0 Å². The summed E-state index contributed by atoms with van der Waals surface area (Å²) >= 11 is 0. The van der Waals surface area contributed by atoms with Gasteiger partial charge in [0.15, 0.2) is 0 Å². The van der Waals surface area contributed by atoms with E-state index in [9.17, 15) is 13.9 Å². The standard InChI is InChI=1S/C21H28F2N4O3/c1-14(2)18(26-30-19(3,4)29-5)20(8-9-20)21(28,11-27-13-24-12-25-27)16-7-6-15(22)10-17(16)23/h6-7,10,12-14,28H,8-9,11H2,1-5H3/b26-18+. The van der Waals surface area contributed by atoms with Gasteiger partial charge in [0, 0.05) is 38.0 Å². The number of methoxy groups -OCH3 is 1. The normalized spacial score (nSPS) is 18.4. The SMILES string of the molecule is COC(C)(C)O/N=C(\C(C)C)C1(C(O)(Cn2cncn2)c2ccc(F)cc2F)CC1. The number of aromatic nitrogens is 3. The summed E-state index contributed by atoms with van der Waals surface area (Å²) in [6, 6.07) is 3.19. The van der Waals surface area contributed by atoms with E-state index in [0.29, 0.717) is 18.6 Å². The first kappa shape index (κ1) is 22.3. The van der Waals surface area contributed by atoms with Gasteiger partial charge in [0.1, 0.15) is 29.9 Å². The maximum atomic E-state index is 14.9. The number of nitrogens with zero attached hydrogens (tertiary/aromatic N) is 4. The number of ether oxygens (including phenoxy) is 1. The van der Waals surface area contributed by atoms with Crippen molar-refractivity contribution >= 4 is 5.71 Å². The summed E-state index contributed by atoms with van der Waals surface area (Å²) in [5.41, 5.74) is -2.09. The van der Waals surface area contributed by atoms with Crippen molar-refractivity contribution < 1.29 is 23.5 Å². The molecule has 1 aromatic heterocycles. The fourth-order valence-corrected chi connectivity index (χ4v) is 3.82. The smallest absolute Gasteiger partial charge is 0.230 e.